The Morgan fingerprint density at radius 2 is 0.402 bits per heavy atom. The molecule has 6 rings (SSSR count). The number of likely N-dealkylation sites (N-methyl/N-ethyl adjacent to an activating group) is 1. The van der Waals surface area contributed by atoms with Crippen molar-refractivity contribution in [1.82, 2.24) is 44.1 Å². The van der Waals surface area contributed by atoms with E-state index in [2.05, 4.69) is 0 Å². The Kier molecular flexibility index (Phi) is 36.4. The molecule has 0 radical (unpaired) electrons. The smallest absolute Gasteiger partial charge is 0.242 e. The molecule has 0 aliphatic heterocycles. The summed E-state index contributed by atoms with van der Waals surface area (Å²) in [5.74, 6) is -1.02. The summed E-state index contributed by atoms with van der Waals surface area (Å²) < 4.78 is 32.3. The Labute approximate surface area is 629 Å². The highest BCUT2D eigenvalue weighted by molar-refractivity contribution is 5.94. The first-order valence-electron chi connectivity index (χ1n) is 35.9. The average molecular weight is 1480 g/mol. The highest BCUT2D eigenvalue weighted by atomic mass is 16.5. The largest absolute Gasteiger partial charge is 0.497 e. The lowest BCUT2D eigenvalue weighted by Crippen LogP contribution is -2.53. The first-order valence-corrected chi connectivity index (χ1v) is 35.9. The van der Waals surface area contributed by atoms with E-state index in [0.29, 0.717) is 73.3 Å². The number of benzene rings is 6. The summed E-state index contributed by atoms with van der Waals surface area (Å²) in [6.45, 7) is -1.80. The van der Waals surface area contributed by atoms with E-state index < -0.39 is 80.6 Å². The zero-order valence-corrected chi connectivity index (χ0v) is 63.3. The van der Waals surface area contributed by atoms with Gasteiger partial charge in [-0.25, -0.2) is 0 Å². The van der Waals surface area contributed by atoms with Gasteiger partial charge in [-0.1, -0.05) is 72.8 Å². The van der Waals surface area contributed by atoms with Crippen molar-refractivity contribution in [2.75, 3.05) is 187 Å². The second kappa shape index (κ2) is 45.7. The second-order valence-corrected chi connectivity index (χ2v) is 25.9. The number of ketones is 1. The minimum atomic E-state index is -0.656. The third-order valence-corrected chi connectivity index (χ3v) is 18.2. The van der Waals surface area contributed by atoms with E-state index in [4.69, 9.17) is 45.6 Å². The molecule has 0 spiro atoms. The molecule has 0 heterocycles. The fourth-order valence-corrected chi connectivity index (χ4v) is 11.7. The number of nitrogens with zero attached hydrogens (tertiary/aromatic N) is 9. The van der Waals surface area contributed by atoms with Gasteiger partial charge in [0.05, 0.1) is 102 Å². The Morgan fingerprint density at radius 1 is 0.243 bits per heavy atom. The monoisotopic (exact) mass is 1480 g/mol. The van der Waals surface area contributed by atoms with Gasteiger partial charge in [-0.05, 0) is 159 Å². The van der Waals surface area contributed by atoms with Gasteiger partial charge in [0.15, 0.2) is 0 Å². The topological polar surface area (TPSA) is 316 Å². The predicted molar refractivity (Wildman–Crippen MR) is 408 cm³/mol. The summed E-state index contributed by atoms with van der Waals surface area (Å²) in [5, 5.41) is 0. The van der Waals surface area contributed by atoms with Crippen LogP contribution in [0.15, 0.2) is 146 Å². The molecule has 0 saturated carbocycles. The standard InChI is InChI=1S/C80H108N12O15/c1-60(93)51-85(42-33-61-9-21-67(102-3)22-10-61)74(95)53-87(44-35-63-13-25-69(104-5)26-14-63)77(98)58-91(49-40-82)80(101)57-90(47-38-66-19-31-72(107-8)32-20-66)76(97)55-88(45-36-64-15-27-70(105-6)28-16-64)78(99)59-92(50-41-83)79(100)56-89(46-37-65-17-29-71(106-7)30-18-65)75(96)54-86(73(94)52-84(2)48-39-81)43-34-62-11-23-68(103-4)24-12-62/h9-32H,33-59,81-83H2,1-8H3. The van der Waals surface area contributed by atoms with Crippen LogP contribution < -0.4 is 45.6 Å². The van der Waals surface area contributed by atoms with Crippen molar-refractivity contribution in [3.63, 3.8) is 0 Å². The number of hydrogen-bond acceptors (Lipinski definition) is 19. The molecular weight excluding hydrogens is 1370 g/mol. The molecule has 27 heteroatoms. The molecule has 27 nitrogen and oxygen atoms in total. The summed E-state index contributed by atoms with van der Waals surface area (Å²) in [5.41, 5.74) is 23.3. The zero-order valence-electron chi connectivity index (χ0n) is 63.3. The number of methoxy groups -OCH3 is 6. The lowest BCUT2D eigenvalue weighted by Gasteiger charge is -2.33. The van der Waals surface area contributed by atoms with Gasteiger partial charge >= 0.3 is 0 Å². The summed E-state index contributed by atoms with van der Waals surface area (Å²) in [6, 6.07) is 43.6. The highest BCUT2D eigenvalue weighted by Gasteiger charge is 2.32. The van der Waals surface area contributed by atoms with Crippen LogP contribution in [-0.2, 0) is 81.7 Å². The molecule has 8 amide bonds. The van der Waals surface area contributed by atoms with E-state index in [0.717, 1.165) is 33.4 Å². The van der Waals surface area contributed by atoms with E-state index in [1.807, 2.05) is 84.9 Å². The van der Waals surface area contributed by atoms with Gasteiger partial charge in [0.2, 0.25) is 47.3 Å². The van der Waals surface area contributed by atoms with E-state index in [1.165, 1.54) is 60.3 Å². The summed E-state index contributed by atoms with van der Waals surface area (Å²) >= 11 is 0. The van der Waals surface area contributed by atoms with Gasteiger partial charge in [-0.3, -0.25) is 48.1 Å². The maximum absolute atomic E-state index is 15.3. The van der Waals surface area contributed by atoms with Crippen molar-refractivity contribution in [2.45, 2.75) is 45.4 Å². The van der Waals surface area contributed by atoms with E-state index in [-0.39, 0.29) is 110 Å². The van der Waals surface area contributed by atoms with Crippen molar-refractivity contribution >= 4 is 53.0 Å². The molecular formula is C80H108N12O15. The lowest BCUT2D eigenvalue weighted by atomic mass is 10.1. The fourth-order valence-electron chi connectivity index (χ4n) is 11.7. The third-order valence-electron chi connectivity index (χ3n) is 18.2. The molecule has 6 aromatic carbocycles. The van der Waals surface area contributed by atoms with Gasteiger partial charge in [-0.2, -0.15) is 0 Å². The van der Waals surface area contributed by atoms with Gasteiger partial charge in [0.25, 0.3) is 0 Å². The van der Waals surface area contributed by atoms with Crippen LogP contribution in [0.4, 0.5) is 0 Å². The van der Waals surface area contributed by atoms with E-state index in [1.54, 1.807) is 101 Å². The number of rotatable bonds is 48. The lowest BCUT2D eigenvalue weighted by molar-refractivity contribution is -0.148. The van der Waals surface area contributed by atoms with E-state index >= 15 is 14.4 Å². The Hall–Kier alpha value is -10.6. The molecule has 0 fully saturated rings. The molecule has 0 atom stereocenters. The summed E-state index contributed by atoms with van der Waals surface area (Å²) in [7, 11) is 11.1. The maximum Gasteiger partial charge on any atom is 0.242 e. The molecule has 0 unspecified atom stereocenters. The maximum atomic E-state index is 15.3. The Bertz CT molecular complexity index is 3760. The first kappa shape index (κ1) is 85.3. The minimum Gasteiger partial charge on any atom is -0.497 e. The van der Waals surface area contributed by atoms with Crippen molar-refractivity contribution < 1.29 is 71.6 Å². The molecule has 107 heavy (non-hydrogen) atoms. The summed E-state index contributed by atoms with van der Waals surface area (Å²) in [4.78, 5) is 144. The van der Waals surface area contributed by atoms with Crippen molar-refractivity contribution in [3.05, 3.63) is 179 Å². The quantitative estimate of drug-likeness (QED) is 0.0492. The van der Waals surface area contributed by atoms with Crippen molar-refractivity contribution in [1.29, 1.82) is 0 Å². The molecule has 0 aromatic heterocycles. The number of ether oxygens (including phenoxy) is 6. The molecule has 6 N–H and O–H groups in total. The van der Waals surface area contributed by atoms with Crippen LogP contribution in [0.5, 0.6) is 34.5 Å². The zero-order chi connectivity index (χ0) is 77.6. The second-order valence-electron chi connectivity index (χ2n) is 25.9. The molecule has 0 bridgehead atoms. The number of carbonyl (C=O) groups excluding carboxylic acids is 9. The number of Topliss-reactive ketones (excluding diaryl/α,β-unsaturated/α-hetero) is 1. The van der Waals surface area contributed by atoms with Crippen LogP contribution in [-0.4, -0.2) is 284 Å². The molecule has 6 aromatic rings. The summed E-state index contributed by atoms with van der Waals surface area (Å²) in [6.07, 6.45) is 1.89. The van der Waals surface area contributed by atoms with Crippen molar-refractivity contribution in [2.24, 2.45) is 17.2 Å². The van der Waals surface area contributed by atoms with Crippen LogP contribution >= 0.6 is 0 Å². The SMILES string of the molecule is COc1ccc(CCN(CC(C)=O)C(=O)CN(CCc2ccc(OC)cc2)C(=O)CN(CCN)C(=O)CN(CCc2ccc(OC)cc2)C(=O)CN(CCc2ccc(OC)cc2)C(=O)CN(CCN)C(=O)CN(CCc2ccc(OC)cc2)C(=O)CN(CCc2ccc(OC)cc2)C(=O)CN(C)CCN)cc1. The minimum absolute atomic E-state index is 0.0264. The van der Waals surface area contributed by atoms with Crippen molar-refractivity contribution in [3.8, 4) is 34.5 Å². The van der Waals surface area contributed by atoms with Gasteiger partial charge in [0.1, 0.15) is 40.3 Å². The average Bonchev–Trinajstić information content (AvgIpc) is 0.853. The predicted octanol–water partition coefficient (Wildman–Crippen LogP) is 3.52. The number of hydrogen-bond donors (Lipinski definition) is 3. The first-order chi connectivity index (χ1) is 51.6. The molecule has 0 aliphatic rings. The van der Waals surface area contributed by atoms with Gasteiger partial charge in [-0.15, -0.1) is 0 Å². The van der Waals surface area contributed by atoms with Crippen LogP contribution in [0.1, 0.15) is 40.3 Å². The van der Waals surface area contributed by atoms with E-state index in [9.17, 15) is 28.8 Å². The van der Waals surface area contributed by atoms with Crippen LogP contribution in [0.2, 0.25) is 0 Å². The van der Waals surface area contributed by atoms with Crippen LogP contribution in [0.25, 0.3) is 0 Å². The fraction of sp³-hybridized carbons (Fsp3) is 0.438. The van der Waals surface area contributed by atoms with Crippen LogP contribution in [0.3, 0.4) is 0 Å². The van der Waals surface area contributed by atoms with Crippen LogP contribution in [0, 0.1) is 0 Å². The number of carbonyl (C=O) groups is 9. The van der Waals surface area contributed by atoms with Gasteiger partial charge < -0.3 is 84.8 Å². The molecule has 0 aliphatic carbocycles. The Balaban J connectivity index is 1.30. The highest BCUT2D eigenvalue weighted by Crippen LogP contribution is 2.20. The Morgan fingerprint density at radius 3 is 0.561 bits per heavy atom. The number of nitrogens with two attached hydrogens (primary N) is 3. The van der Waals surface area contributed by atoms with Gasteiger partial charge in [0, 0.05) is 78.5 Å². The third kappa shape index (κ3) is 29.3. The normalized spacial score (nSPS) is 10.9. The number of amides is 8. The molecule has 0 saturated heterocycles. The molecule has 578 valence electrons.